The summed E-state index contributed by atoms with van der Waals surface area (Å²) in [5.74, 6) is -2.24. The van der Waals surface area contributed by atoms with Crippen LogP contribution >= 0.6 is 0 Å². The Hall–Kier alpha value is -2.44. The predicted octanol–water partition coefficient (Wildman–Crippen LogP) is 2.01. The zero-order valence-electron chi connectivity index (χ0n) is 11.1. The average molecular weight is 294 g/mol. The molecule has 0 saturated heterocycles. The van der Waals surface area contributed by atoms with Gasteiger partial charge in [0.25, 0.3) is 0 Å². The minimum absolute atomic E-state index is 0.202. The van der Waals surface area contributed by atoms with Crippen LogP contribution < -0.4 is 11.2 Å². The highest BCUT2D eigenvalue weighted by atomic mass is 19.1. The summed E-state index contributed by atoms with van der Waals surface area (Å²) in [5, 5.41) is 8.90. The monoisotopic (exact) mass is 294 g/mol. The minimum Gasteiger partial charge on any atom is -0.477 e. The van der Waals surface area contributed by atoms with Gasteiger partial charge in [0, 0.05) is 12.6 Å². The van der Waals surface area contributed by atoms with Gasteiger partial charge in [-0.05, 0) is 18.6 Å². The average Bonchev–Trinajstić information content (AvgIpc) is 3.12. The van der Waals surface area contributed by atoms with E-state index >= 15 is 0 Å². The molecule has 5 nitrogen and oxygen atoms in total. The standard InChI is InChI=1S/C14H12F2N2O3/c1-5-2-8(16)11(17)10-12(5)18(9-3-7(9)15)4-6(13(10)19)14(20)21/h2,4,7,9H,3,17H2,1H3,(H,20,21)/t7-,9-/m1/s1. The van der Waals surface area contributed by atoms with Crippen LogP contribution in [0.25, 0.3) is 10.9 Å². The number of alkyl halides is 1. The van der Waals surface area contributed by atoms with Crippen molar-refractivity contribution >= 4 is 22.6 Å². The molecule has 1 saturated carbocycles. The number of aromatic carboxylic acids is 1. The van der Waals surface area contributed by atoms with E-state index in [0.717, 1.165) is 12.3 Å². The van der Waals surface area contributed by atoms with Crippen molar-refractivity contribution in [2.24, 2.45) is 0 Å². The molecule has 0 aliphatic heterocycles. The van der Waals surface area contributed by atoms with E-state index in [1.54, 1.807) is 6.92 Å². The van der Waals surface area contributed by atoms with Gasteiger partial charge in [-0.25, -0.2) is 13.6 Å². The number of nitrogens with zero attached hydrogens (tertiary/aromatic N) is 1. The molecule has 110 valence electrons. The maximum Gasteiger partial charge on any atom is 0.341 e. The van der Waals surface area contributed by atoms with Crippen LogP contribution in [0.3, 0.4) is 0 Å². The Morgan fingerprint density at radius 2 is 2.14 bits per heavy atom. The quantitative estimate of drug-likeness (QED) is 0.830. The fourth-order valence-corrected chi connectivity index (χ4v) is 2.59. The van der Waals surface area contributed by atoms with Crippen LogP contribution in [-0.2, 0) is 0 Å². The van der Waals surface area contributed by atoms with Crippen molar-refractivity contribution in [3.8, 4) is 0 Å². The largest absolute Gasteiger partial charge is 0.477 e. The summed E-state index contributed by atoms with van der Waals surface area (Å²) < 4.78 is 28.5. The molecule has 0 unspecified atom stereocenters. The number of benzene rings is 1. The first-order chi connectivity index (χ1) is 9.82. The molecule has 3 rings (SSSR count). The molecule has 0 bridgehead atoms. The molecule has 21 heavy (non-hydrogen) atoms. The number of aryl methyl sites for hydroxylation is 1. The van der Waals surface area contributed by atoms with Gasteiger partial charge in [0.05, 0.1) is 22.6 Å². The van der Waals surface area contributed by atoms with E-state index in [4.69, 9.17) is 10.8 Å². The number of nitrogen functional groups attached to an aromatic ring is 1. The normalized spacial score (nSPS) is 20.7. The summed E-state index contributed by atoms with van der Waals surface area (Å²) >= 11 is 0. The number of anilines is 1. The van der Waals surface area contributed by atoms with Gasteiger partial charge in [-0.2, -0.15) is 0 Å². The third-order valence-electron chi connectivity index (χ3n) is 3.75. The van der Waals surface area contributed by atoms with Crippen LogP contribution in [0, 0.1) is 12.7 Å². The summed E-state index contributed by atoms with van der Waals surface area (Å²) in [6.07, 6.45) is 0.234. The molecule has 3 N–H and O–H groups in total. The van der Waals surface area contributed by atoms with Crippen LogP contribution in [0.1, 0.15) is 28.4 Å². The van der Waals surface area contributed by atoms with E-state index in [2.05, 4.69) is 0 Å². The molecule has 0 spiro atoms. The molecule has 1 aromatic heterocycles. The molecule has 7 heteroatoms. The Balaban J connectivity index is 2.52. The van der Waals surface area contributed by atoms with Crippen molar-refractivity contribution in [2.45, 2.75) is 25.6 Å². The summed E-state index contributed by atoms with van der Waals surface area (Å²) in [6, 6.07) is 0.610. The lowest BCUT2D eigenvalue weighted by molar-refractivity contribution is 0.0694. The van der Waals surface area contributed by atoms with E-state index < -0.39 is 40.7 Å². The Morgan fingerprint density at radius 3 is 2.67 bits per heavy atom. The molecular weight excluding hydrogens is 282 g/mol. The number of pyridine rings is 1. The molecule has 0 amide bonds. The molecule has 1 aromatic carbocycles. The van der Waals surface area contributed by atoms with E-state index in [1.165, 1.54) is 4.57 Å². The van der Waals surface area contributed by atoms with Crippen LogP contribution in [0.2, 0.25) is 0 Å². The first kappa shape index (κ1) is 13.5. The summed E-state index contributed by atoms with van der Waals surface area (Å²) in [7, 11) is 0. The first-order valence-electron chi connectivity index (χ1n) is 6.33. The maximum atomic E-state index is 13.8. The number of fused-ring (bicyclic) bond motifs is 1. The van der Waals surface area contributed by atoms with Crippen molar-refractivity contribution < 1.29 is 18.7 Å². The van der Waals surface area contributed by atoms with Gasteiger partial charge in [-0.1, -0.05) is 0 Å². The van der Waals surface area contributed by atoms with Crippen molar-refractivity contribution in [3.05, 3.63) is 39.4 Å². The number of rotatable bonds is 2. The number of carboxylic acids is 1. The maximum absolute atomic E-state index is 13.8. The Bertz CT molecular complexity index is 844. The van der Waals surface area contributed by atoms with Gasteiger partial charge < -0.3 is 15.4 Å². The molecular formula is C14H12F2N2O3. The van der Waals surface area contributed by atoms with E-state index in [9.17, 15) is 18.4 Å². The number of hydrogen-bond donors (Lipinski definition) is 2. The summed E-state index contributed by atoms with van der Waals surface area (Å²) in [6.45, 7) is 1.57. The minimum atomic E-state index is -1.45. The molecule has 1 heterocycles. The van der Waals surface area contributed by atoms with E-state index in [1.807, 2.05) is 0 Å². The van der Waals surface area contributed by atoms with Gasteiger partial charge in [-0.15, -0.1) is 0 Å². The number of nitrogens with two attached hydrogens (primary N) is 1. The van der Waals surface area contributed by atoms with Crippen LogP contribution in [0.5, 0.6) is 0 Å². The van der Waals surface area contributed by atoms with Crippen molar-refractivity contribution in [1.82, 2.24) is 4.57 Å². The zero-order chi connectivity index (χ0) is 15.5. The number of carbonyl (C=O) groups is 1. The smallest absolute Gasteiger partial charge is 0.341 e. The fourth-order valence-electron chi connectivity index (χ4n) is 2.59. The van der Waals surface area contributed by atoms with Gasteiger partial charge in [-0.3, -0.25) is 4.79 Å². The van der Waals surface area contributed by atoms with Gasteiger partial charge >= 0.3 is 5.97 Å². The van der Waals surface area contributed by atoms with Crippen molar-refractivity contribution in [2.75, 3.05) is 5.73 Å². The predicted molar refractivity (Wildman–Crippen MR) is 72.8 cm³/mol. The highest BCUT2D eigenvalue weighted by Crippen LogP contribution is 2.41. The SMILES string of the molecule is Cc1cc(F)c(N)c2c(=O)c(C(=O)O)cn([C@@H]3C[C@H]3F)c12. The van der Waals surface area contributed by atoms with Crippen molar-refractivity contribution in [1.29, 1.82) is 0 Å². The first-order valence-corrected chi connectivity index (χ1v) is 6.33. The zero-order valence-corrected chi connectivity index (χ0v) is 11.1. The second kappa shape index (κ2) is 4.28. The lowest BCUT2D eigenvalue weighted by Gasteiger charge is -2.15. The Morgan fingerprint density at radius 1 is 1.52 bits per heavy atom. The van der Waals surface area contributed by atoms with Crippen LogP contribution in [0.15, 0.2) is 17.1 Å². The van der Waals surface area contributed by atoms with E-state index in [0.29, 0.717) is 5.56 Å². The van der Waals surface area contributed by atoms with Gasteiger partial charge in [0.15, 0.2) is 0 Å². The highest BCUT2D eigenvalue weighted by Gasteiger charge is 2.40. The Kier molecular flexibility index (Phi) is 2.76. The number of aromatic nitrogens is 1. The van der Waals surface area contributed by atoms with Crippen LogP contribution in [-0.4, -0.2) is 21.8 Å². The Labute approximate surface area is 117 Å². The molecule has 0 radical (unpaired) electrons. The third-order valence-corrected chi connectivity index (χ3v) is 3.75. The highest BCUT2D eigenvalue weighted by molar-refractivity contribution is 5.98. The molecule has 2 atom stereocenters. The molecule has 1 aliphatic rings. The third kappa shape index (κ3) is 1.88. The second-order valence-electron chi connectivity index (χ2n) is 5.22. The lowest BCUT2D eigenvalue weighted by Crippen LogP contribution is -2.21. The fraction of sp³-hybridized carbons (Fsp3) is 0.286. The number of carboxylic acid groups (broad SMARTS) is 1. The summed E-state index contributed by atoms with van der Waals surface area (Å²) in [4.78, 5) is 23.4. The van der Waals surface area contributed by atoms with Gasteiger partial charge in [0.2, 0.25) is 5.43 Å². The van der Waals surface area contributed by atoms with Gasteiger partial charge in [0.1, 0.15) is 17.6 Å². The lowest BCUT2D eigenvalue weighted by atomic mass is 10.0. The van der Waals surface area contributed by atoms with Crippen LogP contribution in [0.4, 0.5) is 14.5 Å². The topological polar surface area (TPSA) is 85.3 Å². The van der Waals surface area contributed by atoms with E-state index in [-0.39, 0.29) is 17.3 Å². The number of halogens is 2. The summed E-state index contributed by atoms with van der Waals surface area (Å²) in [5.41, 5.74) is 4.49. The number of hydrogen-bond acceptors (Lipinski definition) is 3. The molecule has 2 aromatic rings. The molecule has 1 fully saturated rings. The van der Waals surface area contributed by atoms with Crippen molar-refractivity contribution in [3.63, 3.8) is 0 Å². The second-order valence-corrected chi connectivity index (χ2v) is 5.22. The molecule has 1 aliphatic carbocycles.